The highest BCUT2D eigenvalue weighted by molar-refractivity contribution is 6.74. The molecular formula is C17H36N2O2Si. The Labute approximate surface area is 138 Å². The number of amides is 1. The van der Waals surface area contributed by atoms with Gasteiger partial charge in [0.2, 0.25) is 5.91 Å². The van der Waals surface area contributed by atoms with E-state index in [0.717, 1.165) is 32.7 Å². The first-order valence-electron chi connectivity index (χ1n) is 8.60. The molecule has 0 aromatic rings. The molecule has 4 nitrogen and oxygen atoms in total. The van der Waals surface area contributed by atoms with E-state index in [-0.39, 0.29) is 16.5 Å². The average Bonchev–Trinajstić information content (AvgIpc) is 2.48. The van der Waals surface area contributed by atoms with Crippen LogP contribution in [0.5, 0.6) is 0 Å². The molecule has 1 rings (SSSR count). The first kappa shape index (κ1) is 19.7. The molecule has 1 N–H and O–H groups in total. The number of carbonyl (C=O) groups is 1. The van der Waals surface area contributed by atoms with E-state index >= 15 is 0 Å². The Morgan fingerprint density at radius 1 is 1.32 bits per heavy atom. The minimum atomic E-state index is -1.66. The quantitative estimate of drug-likeness (QED) is 0.787. The Hall–Kier alpha value is -0.393. The van der Waals surface area contributed by atoms with Gasteiger partial charge in [0.15, 0.2) is 8.32 Å². The molecule has 22 heavy (non-hydrogen) atoms. The van der Waals surface area contributed by atoms with Crippen LogP contribution >= 0.6 is 0 Å². The van der Waals surface area contributed by atoms with Crippen molar-refractivity contribution in [3.63, 3.8) is 0 Å². The van der Waals surface area contributed by atoms with Gasteiger partial charge in [0.1, 0.15) is 0 Å². The second kappa shape index (κ2) is 7.45. The maximum absolute atomic E-state index is 11.4. The highest BCUT2D eigenvalue weighted by Gasteiger charge is 2.37. The van der Waals surface area contributed by atoms with Crippen molar-refractivity contribution in [2.45, 2.75) is 77.6 Å². The minimum absolute atomic E-state index is 0.0712. The third-order valence-corrected chi connectivity index (χ3v) is 9.72. The summed E-state index contributed by atoms with van der Waals surface area (Å²) in [7, 11) is -1.66. The molecule has 1 amide bonds. The molecule has 1 aliphatic heterocycles. The first-order valence-corrected chi connectivity index (χ1v) is 11.5. The average molecular weight is 329 g/mol. The van der Waals surface area contributed by atoms with Crippen LogP contribution in [0.15, 0.2) is 0 Å². The van der Waals surface area contributed by atoms with Crippen molar-refractivity contribution in [2.24, 2.45) is 0 Å². The summed E-state index contributed by atoms with van der Waals surface area (Å²) in [5.41, 5.74) is -0.0979. The maximum Gasteiger partial charge on any atom is 0.217 e. The molecule has 1 saturated heterocycles. The topological polar surface area (TPSA) is 41.6 Å². The van der Waals surface area contributed by atoms with Crippen LogP contribution in [0, 0.1) is 0 Å². The lowest BCUT2D eigenvalue weighted by Gasteiger charge is -2.37. The van der Waals surface area contributed by atoms with Crippen molar-refractivity contribution in [1.29, 1.82) is 0 Å². The van der Waals surface area contributed by atoms with E-state index in [9.17, 15) is 4.79 Å². The fourth-order valence-electron chi connectivity index (χ4n) is 2.87. The number of hydrogen-bond acceptors (Lipinski definition) is 3. The van der Waals surface area contributed by atoms with E-state index in [1.807, 2.05) is 0 Å². The van der Waals surface area contributed by atoms with Gasteiger partial charge in [0.05, 0.1) is 0 Å². The van der Waals surface area contributed by atoms with Crippen LogP contribution in [0.2, 0.25) is 18.1 Å². The largest absolute Gasteiger partial charge is 0.416 e. The van der Waals surface area contributed by atoms with Gasteiger partial charge >= 0.3 is 0 Å². The predicted octanol–water partition coefficient (Wildman–Crippen LogP) is 3.39. The minimum Gasteiger partial charge on any atom is -0.416 e. The second-order valence-electron chi connectivity index (χ2n) is 8.58. The van der Waals surface area contributed by atoms with Crippen LogP contribution in [0.25, 0.3) is 0 Å². The van der Waals surface area contributed by atoms with E-state index in [1.54, 1.807) is 6.92 Å². The van der Waals surface area contributed by atoms with Gasteiger partial charge in [-0.25, -0.2) is 0 Å². The molecule has 1 aliphatic rings. The van der Waals surface area contributed by atoms with Crippen LogP contribution in [0.3, 0.4) is 0 Å². The molecule has 1 fully saturated rings. The second-order valence-corrected chi connectivity index (χ2v) is 13.4. The summed E-state index contributed by atoms with van der Waals surface area (Å²) in [5, 5.41) is 3.41. The lowest BCUT2D eigenvalue weighted by atomic mass is 9.96. The van der Waals surface area contributed by atoms with Crippen molar-refractivity contribution < 1.29 is 9.22 Å². The number of nitrogens with one attached hydrogen (secondary N) is 1. The summed E-state index contributed by atoms with van der Waals surface area (Å²) in [6, 6.07) is 0. The summed E-state index contributed by atoms with van der Waals surface area (Å²) in [6.45, 7) is 19.0. The zero-order chi connectivity index (χ0) is 17.0. The van der Waals surface area contributed by atoms with Gasteiger partial charge < -0.3 is 9.74 Å². The molecule has 0 bridgehead atoms. The molecule has 0 radical (unpaired) electrons. The van der Waals surface area contributed by atoms with Crippen LogP contribution < -0.4 is 5.32 Å². The number of likely N-dealkylation sites (tertiary alicyclic amines) is 1. The van der Waals surface area contributed by atoms with Gasteiger partial charge in [-0.1, -0.05) is 20.8 Å². The number of carbonyl (C=O) groups excluding carboxylic acids is 1. The molecule has 0 aromatic carbocycles. The predicted molar refractivity (Wildman–Crippen MR) is 95.7 cm³/mol. The third kappa shape index (κ3) is 6.01. The van der Waals surface area contributed by atoms with Crippen LogP contribution in [-0.4, -0.2) is 50.9 Å². The zero-order valence-electron chi connectivity index (χ0n) is 15.7. The van der Waals surface area contributed by atoms with Crippen molar-refractivity contribution in [2.75, 3.05) is 26.2 Å². The summed E-state index contributed by atoms with van der Waals surface area (Å²) in [5.74, 6) is 0.0712. The van der Waals surface area contributed by atoms with Gasteiger partial charge in [-0.3, -0.25) is 9.69 Å². The summed E-state index contributed by atoms with van der Waals surface area (Å²) in [6.07, 6.45) is 3.44. The number of nitrogens with zero attached hydrogens (tertiary/aromatic N) is 1. The Kier molecular flexibility index (Phi) is 6.66. The molecule has 5 heteroatoms. The van der Waals surface area contributed by atoms with E-state index < -0.39 is 8.32 Å². The molecule has 0 aromatic heterocycles. The normalized spacial score (nSPS) is 24.9. The maximum atomic E-state index is 11.4. The molecule has 1 unspecified atom stereocenters. The van der Waals surface area contributed by atoms with Crippen LogP contribution in [-0.2, 0) is 9.22 Å². The van der Waals surface area contributed by atoms with Gasteiger partial charge in [-0.15, -0.1) is 0 Å². The van der Waals surface area contributed by atoms with Gasteiger partial charge in [-0.05, 0) is 50.9 Å². The van der Waals surface area contributed by atoms with Crippen molar-refractivity contribution in [3.05, 3.63) is 0 Å². The molecule has 0 saturated carbocycles. The molecular weight excluding hydrogens is 292 g/mol. The van der Waals surface area contributed by atoms with Crippen molar-refractivity contribution >= 4 is 14.2 Å². The Morgan fingerprint density at radius 3 is 2.50 bits per heavy atom. The monoisotopic (exact) mass is 328 g/mol. The number of hydrogen-bond donors (Lipinski definition) is 1. The Balaban J connectivity index is 2.53. The van der Waals surface area contributed by atoms with Gasteiger partial charge in [0.25, 0.3) is 0 Å². The smallest absolute Gasteiger partial charge is 0.217 e. The lowest BCUT2D eigenvalue weighted by Crippen LogP contribution is -2.52. The van der Waals surface area contributed by atoms with E-state index in [1.165, 1.54) is 12.8 Å². The SMILES string of the molecule is CC(=O)NC1(C)CCCCN(CCO[Si](C)(C)C(C)(C)C)C1. The van der Waals surface area contributed by atoms with Gasteiger partial charge in [0, 0.05) is 32.2 Å². The Morgan fingerprint density at radius 2 is 1.95 bits per heavy atom. The lowest BCUT2D eigenvalue weighted by molar-refractivity contribution is -0.120. The summed E-state index contributed by atoms with van der Waals surface area (Å²) >= 11 is 0. The van der Waals surface area contributed by atoms with Crippen LogP contribution in [0.4, 0.5) is 0 Å². The molecule has 1 heterocycles. The van der Waals surface area contributed by atoms with Crippen LogP contribution in [0.1, 0.15) is 53.9 Å². The zero-order valence-corrected chi connectivity index (χ0v) is 16.7. The molecule has 0 spiro atoms. The van der Waals surface area contributed by atoms with E-state index in [0.29, 0.717) is 0 Å². The summed E-state index contributed by atoms with van der Waals surface area (Å²) < 4.78 is 6.30. The van der Waals surface area contributed by atoms with E-state index in [2.05, 4.69) is 51.0 Å². The Bertz CT molecular complexity index is 379. The van der Waals surface area contributed by atoms with Crippen molar-refractivity contribution in [1.82, 2.24) is 10.2 Å². The highest BCUT2D eigenvalue weighted by atomic mass is 28.4. The third-order valence-electron chi connectivity index (χ3n) is 5.18. The number of rotatable bonds is 5. The van der Waals surface area contributed by atoms with Gasteiger partial charge in [-0.2, -0.15) is 0 Å². The molecule has 130 valence electrons. The summed E-state index contributed by atoms with van der Waals surface area (Å²) in [4.78, 5) is 13.9. The highest BCUT2D eigenvalue weighted by Crippen LogP contribution is 2.36. The van der Waals surface area contributed by atoms with E-state index in [4.69, 9.17) is 4.43 Å². The molecule has 0 aliphatic carbocycles. The fraction of sp³-hybridized carbons (Fsp3) is 0.941. The fourth-order valence-corrected chi connectivity index (χ4v) is 3.90. The standard InChI is InChI=1S/C17H36N2O2Si/c1-15(20)18-17(5)10-8-9-11-19(14-17)12-13-21-22(6,7)16(2,3)4/h8-14H2,1-7H3,(H,18,20). The van der Waals surface area contributed by atoms with Crippen molar-refractivity contribution in [3.8, 4) is 0 Å². The first-order chi connectivity index (χ1) is 9.95. The molecule has 1 atom stereocenters.